The highest BCUT2D eigenvalue weighted by Gasteiger charge is 2.42. The fourth-order valence-electron chi connectivity index (χ4n) is 3.81. The van der Waals surface area contributed by atoms with Gasteiger partial charge >= 0.3 is 0 Å². The quantitative estimate of drug-likeness (QED) is 0.415. The summed E-state index contributed by atoms with van der Waals surface area (Å²) in [7, 11) is 0. The highest BCUT2D eigenvalue weighted by atomic mass is 35.5. The Morgan fingerprint density at radius 2 is 1.90 bits per heavy atom. The summed E-state index contributed by atoms with van der Waals surface area (Å²) in [6, 6.07) is 4.01. The van der Waals surface area contributed by atoms with E-state index in [9.17, 15) is 14.4 Å². The molecule has 1 aromatic rings. The molecule has 1 fully saturated rings. The van der Waals surface area contributed by atoms with Crippen LogP contribution in [0.2, 0.25) is 0 Å². The highest BCUT2D eigenvalue weighted by molar-refractivity contribution is 6.38. The SMILES string of the molecule is C=C/C(Cl)=C\N=C(/C)C(=O)NCCC1CC(=O)C(c2c(C)cc(C)cc2C)C1=O. The van der Waals surface area contributed by atoms with E-state index in [1.54, 1.807) is 6.92 Å². The first kappa shape index (κ1) is 22.8. The Balaban J connectivity index is 2.01. The number of rotatable bonds is 7. The topological polar surface area (TPSA) is 75.6 Å². The number of Topliss-reactive ketones (excluding diaryl/α,β-unsaturated/α-hetero) is 2. The number of nitrogens with one attached hydrogen (secondary N) is 1. The van der Waals surface area contributed by atoms with Crippen molar-refractivity contribution in [1.29, 1.82) is 0 Å². The summed E-state index contributed by atoms with van der Waals surface area (Å²) in [5.41, 5.74) is 4.15. The zero-order valence-electron chi connectivity index (χ0n) is 17.3. The lowest BCUT2D eigenvalue weighted by Crippen LogP contribution is -2.31. The third kappa shape index (κ3) is 5.51. The summed E-state index contributed by atoms with van der Waals surface area (Å²) in [5.74, 6) is -1.49. The molecular formula is C23H27ClN2O3. The molecule has 29 heavy (non-hydrogen) atoms. The number of nitrogens with zero attached hydrogens (tertiary/aromatic N) is 1. The van der Waals surface area contributed by atoms with Crippen LogP contribution in [0.15, 0.2) is 41.0 Å². The molecule has 2 atom stereocenters. The normalized spacial score (nSPS) is 20.2. The lowest BCUT2D eigenvalue weighted by molar-refractivity contribution is -0.125. The number of allylic oxidation sites excluding steroid dienone is 2. The Labute approximate surface area is 176 Å². The number of carbonyl (C=O) groups excluding carboxylic acids is 3. The van der Waals surface area contributed by atoms with E-state index in [2.05, 4.69) is 16.9 Å². The molecule has 2 rings (SSSR count). The van der Waals surface area contributed by atoms with Gasteiger partial charge in [0.25, 0.3) is 5.91 Å². The second-order valence-electron chi connectivity index (χ2n) is 7.49. The Morgan fingerprint density at radius 3 is 2.48 bits per heavy atom. The molecule has 0 heterocycles. The maximum Gasteiger partial charge on any atom is 0.265 e. The average molecular weight is 415 g/mol. The van der Waals surface area contributed by atoms with Crippen LogP contribution in [-0.4, -0.2) is 29.7 Å². The molecule has 1 aliphatic carbocycles. The predicted molar refractivity (Wildman–Crippen MR) is 116 cm³/mol. The summed E-state index contributed by atoms with van der Waals surface area (Å²) in [6.45, 7) is 11.3. The lowest BCUT2D eigenvalue weighted by atomic mass is 9.86. The Morgan fingerprint density at radius 1 is 1.28 bits per heavy atom. The van der Waals surface area contributed by atoms with Crippen LogP contribution in [0.25, 0.3) is 0 Å². The van der Waals surface area contributed by atoms with Gasteiger partial charge in [0.05, 0.1) is 5.03 Å². The van der Waals surface area contributed by atoms with E-state index < -0.39 is 5.92 Å². The number of hydrogen-bond acceptors (Lipinski definition) is 4. The largest absolute Gasteiger partial charge is 0.351 e. The van der Waals surface area contributed by atoms with E-state index in [0.717, 1.165) is 22.3 Å². The standard InChI is InChI=1S/C23H27ClN2O3/c1-6-18(24)12-26-16(5)23(29)25-8-7-17-11-19(27)21(22(17)28)20-14(3)9-13(2)10-15(20)4/h6,9-10,12,17,21H,1,7-8,11H2,2-5H3,(H,25,29)/b18-12+,26-16+. The van der Waals surface area contributed by atoms with Crippen LogP contribution < -0.4 is 5.32 Å². The molecule has 2 unspecified atom stereocenters. The summed E-state index contributed by atoms with van der Waals surface area (Å²) in [4.78, 5) is 41.6. The van der Waals surface area contributed by atoms with E-state index in [4.69, 9.17) is 11.6 Å². The molecule has 1 saturated carbocycles. The van der Waals surface area contributed by atoms with Crippen molar-refractivity contribution in [3.8, 4) is 0 Å². The van der Waals surface area contributed by atoms with Crippen molar-refractivity contribution >= 4 is 34.8 Å². The molecule has 0 saturated heterocycles. The van der Waals surface area contributed by atoms with Gasteiger partial charge in [-0.3, -0.25) is 19.4 Å². The molecule has 0 bridgehead atoms. The van der Waals surface area contributed by atoms with E-state index in [0.29, 0.717) is 18.0 Å². The van der Waals surface area contributed by atoms with Gasteiger partial charge in [0.15, 0.2) is 5.78 Å². The van der Waals surface area contributed by atoms with Gasteiger partial charge in [0.1, 0.15) is 17.4 Å². The maximum atomic E-state index is 12.9. The van der Waals surface area contributed by atoms with Gasteiger partial charge in [-0.1, -0.05) is 35.9 Å². The minimum Gasteiger partial charge on any atom is -0.351 e. The zero-order chi connectivity index (χ0) is 21.7. The van der Waals surface area contributed by atoms with Crippen molar-refractivity contribution in [2.24, 2.45) is 10.9 Å². The van der Waals surface area contributed by atoms with Gasteiger partial charge in [-0.05, 0) is 56.9 Å². The Hall–Kier alpha value is -2.53. The average Bonchev–Trinajstić information content (AvgIpc) is 2.92. The van der Waals surface area contributed by atoms with Crippen molar-refractivity contribution < 1.29 is 14.4 Å². The minimum absolute atomic E-state index is 0.0386. The first-order valence-corrected chi connectivity index (χ1v) is 9.98. The maximum absolute atomic E-state index is 12.9. The van der Waals surface area contributed by atoms with E-state index in [1.165, 1.54) is 12.3 Å². The van der Waals surface area contributed by atoms with E-state index in [1.807, 2.05) is 32.9 Å². The van der Waals surface area contributed by atoms with E-state index in [-0.39, 0.29) is 35.5 Å². The van der Waals surface area contributed by atoms with Gasteiger partial charge in [-0.25, -0.2) is 0 Å². The molecular weight excluding hydrogens is 388 g/mol. The smallest absolute Gasteiger partial charge is 0.265 e. The van der Waals surface area contributed by atoms with Crippen LogP contribution in [0.4, 0.5) is 0 Å². The van der Waals surface area contributed by atoms with E-state index >= 15 is 0 Å². The molecule has 1 amide bonds. The lowest BCUT2D eigenvalue weighted by Gasteiger charge is -2.16. The predicted octanol–water partition coefficient (Wildman–Crippen LogP) is 4.09. The molecule has 1 aliphatic rings. The molecule has 0 aliphatic heterocycles. The summed E-state index contributed by atoms with van der Waals surface area (Å²) in [5, 5.41) is 3.07. The van der Waals surface area contributed by atoms with Crippen LogP contribution >= 0.6 is 11.6 Å². The number of carbonyl (C=O) groups is 3. The number of aliphatic imine (C=N–C) groups is 1. The number of hydrogen-bond donors (Lipinski definition) is 1. The molecule has 1 N–H and O–H groups in total. The van der Waals surface area contributed by atoms with Crippen molar-refractivity contribution in [3.05, 3.63) is 58.3 Å². The monoisotopic (exact) mass is 414 g/mol. The highest BCUT2D eigenvalue weighted by Crippen LogP contribution is 2.37. The van der Waals surface area contributed by atoms with Gasteiger partial charge in [0.2, 0.25) is 0 Å². The van der Waals surface area contributed by atoms with Crippen LogP contribution in [0, 0.1) is 26.7 Å². The number of ketones is 2. The third-order valence-electron chi connectivity index (χ3n) is 5.17. The van der Waals surface area contributed by atoms with Crippen LogP contribution in [0.3, 0.4) is 0 Å². The van der Waals surface area contributed by atoms with Crippen LogP contribution in [0.1, 0.15) is 47.9 Å². The first-order valence-electron chi connectivity index (χ1n) is 9.60. The summed E-state index contributed by atoms with van der Waals surface area (Å²) < 4.78 is 0. The van der Waals surface area contributed by atoms with Gasteiger partial charge in [0, 0.05) is 25.1 Å². The van der Waals surface area contributed by atoms with Crippen LogP contribution in [-0.2, 0) is 14.4 Å². The summed E-state index contributed by atoms with van der Waals surface area (Å²) in [6.07, 6.45) is 3.41. The van der Waals surface area contributed by atoms with Gasteiger partial charge in [-0.2, -0.15) is 0 Å². The molecule has 6 heteroatoms. The zero-order valence-corrected chi connectivity index (χ0v) is 18.1. The molecule has 1 aromatic carbocycles. The molecule has 0 spiro atoms. The van der Waals surface area contributed by atoms with Crippen LogP contribution in [0.5, 0.6) is 0 Å². The Bertz CT molecular complexity index is 892. The number of halogens is 1. The van der Waals surface area contributed by atoms with Crippen molar-refractivity contribution in [3.63, 3.8) is 0 Å². The number of aryl methyl sites for hydroxylation is 3. The van der Waals surface area contributed by atoms with Crippen molar-refractivity contribution in [2.45, 2.75) is 46.5 Å². The summed E-state index contributed by atoms with van der Waals surface area (Å²) >= 11 is 5.76. The minimum atomic E-state index is -0.689. The molecule has 0 aromatic heterocycles. The molecule has 0 radical (unpaired) electrons. The fourth-order valence-corrected chi connectivity index (χ4v) is 3.86. The van der Waals surface area contributed by atoms with Gasteiger partial charge < -0.3 is 5.32 Å². The van der Waals surface area contributed by atoms with Crippen molar-refractivity contribution in [2.75, 3.05) is 6.54 Å². The fraction of sp³-hybridized carbons (Fsp3) is 0.391. The second kappa shape index (κ2) is 9.79. The first-order chi connectivity index (χ1) is 13.6. The van der Waals surface area contributed by atoms with Crippen molar-refractivity contribution in [1.82, 2.24) is 5.32 Å². The molecule has 154 valence electrons. The molecule has 5 nitrogen and oxygen atoms in total. The number of amides is 1. The second-order valence-corrected chi connectivity index (χ2v) is 7.93. The Kier molecular flexibility index (Phi) is 7.68. The van der Waals surface area contributed by atoms with Gasteiger partial charge in [-0.15, -0.1) is 0 Å². The number of benzene rings is 1. The third-order valence-corrected chi connectivity index (χ3v) is 5.42.